The fourth-order valence-corrected chi connectivity index (χ4v) is 3.64. The van der Waals surface area contributed by atoms with E-state index in [0.717, 1.165) is 26.2 Å². The number of nitrogens with one attached hydrogen (secondary N) is 2. The van der Waals surface area contributed by atoms with E-state index < -0.39 is 0 Å². The van der Waals surface area contributed by atoms with Gasteiger partial charge in [0.2, 0.25) is 5.91 Å². The number of para-hydroxylation sites is 2. The number of imidazole rings is 1. The van der Waals surface area contributed by atoms with Crippen LogP contribution in [-0.2, 0) is 4.79 Å². The van der Waals surface area contributed by atoms with Gasteiger partial charge in [-0.25, -0.2) is 4.98 Å². The highest BCUT2D eigenvalue weighted by Gasteiger charge is 2.13. The van der Waals surface area contributed by atoms with Gasteiger partial charge in [-0.15, -0.1) is 0 Å². The number of nitrogens with zero attached hydrogens (tertiary/aromatic N) is 1. The van der Waals surface area contributed by atoms with Crippen molar-refractivity contribution in [1.29, 1.82) is 0 Å². The van der Waals surface area contributed by atoms with Crippen molar-refractivity contribution >= 4 is 44.6 Å². The zero-order valence-electron chi connectivity index (χ0n) is 12.5. The molecule has 2 N–H and O–H groups in total. The summed E-state index contributed by atoms with van der Waals surface area (Å²) in [5, 5.41) is 3.77. The van der Waals surface area contributed by atoms with Gasteiger partial charge in [0, 0.05) is 4.47 Å². The molecule has 0 aliphatic heterocycles. The quantitative estimate of drug-likeness (QED) is 0.639. The van der Waals surface area contributed by atoms with Crippen LogP contribution in [0.4, 0.5) is 0 Å². The van der Waals surface area contributed by atoms with Crippen LogP contribution in [0.3, 0.4) is 0 Å². The minimum Gasteiger partial charge on any atom is -0.349 e. The Morgan fingerprint density at radius 3 is 2.78 bits per heavy atom. The van der Waals surface area contributed by atoms with Gasteiger partial charge in [-0.1, -0.05) is 58.0 Å². The minimum atomic E-state index is -0.0469. The monoisotopic (exact) mass is 389 g/mol. The number of thioether (sulfide) groups is 1. The van der Waals surface area contributed by atoms with Crippen molar-refractivity contribution in [3.63, 3.8) is 0 Å². The maximum atomic E-state index is 12.1. The van der Waals surface area contributed by atoms with Crippen molar-refractivity contribution in [3.8, 4) is 0 Å². The number of aromatic amines is 1. The summed E-state index contributed by atoms with van der Waals surface area (Å²) in [6.45, 7) is 1.98. The Kier molecular flexibility index (Phi) is 5.03. The number of benzene rings is 2. The number of carbonyl (C=O) groups is 1. The van der Waals surface area contributed by atoms with Crippen molar-refractivity contribution in [1.82, 2.24) is 15.3 Å². The zero-order valence-corrected chi connectivity index (χ0v) is 14.9. The Hall–Kier alpha value is -1.79. The Morgan fingerprint density at radius 1 is 1.26 bits per heavy atom. The molecule has 3 aromatic rings. The van der Waals surface area contributed by atoms with Gasteiger partial charge in [0.05, 0.1) is 22.8 Å². The Labute approximate surface area is 147 Å². The van der Waals surface area contributed by atoms with E-state index in [0.29, 0.717) is 5.75 Å². The minimum absolute atomic E-state index is 0.0151. The third-order valence-corrected chi connectivity index (χ3v) is 5.05. The summed E-state index contributed by atoms with van der Waals surface area (Å²) in [5.74, 6) is 0.313. The normalized spacial score (nSPS) is 12.3. The Balaban J connectivity index is 1.58. The van der Waals surface area contributed by atoms with E-state index in [9.17, 15) is 4.79 Å². The van der Waals surface area contributed by atoms with Crippen molar-refractivity contribution in [2.75, 3.05) is 5.75 Å². The summed E-state index contributed by atoms with van der Waals surface area (Å²) in [5.41, 5.74) is 2.96. The van der Waals surface area contributed by atoms with Crippen LogP contribution in [0.2, 0.25) is 0 Å². The molecule has 0 radical (unpaired) electrons. The maximum absolute atomic E-state index is 12.1. The summed E-state index contributed by atoms with van der Waals surface area (Å²) >= 11 is 4.92. The molecule has 4 nitrogen and oxygen atoms in total. The number of hydrogen-bond donors (Lipinski definition) is 2. The van der Waals surface area contributed by atoms with Crippen LogP contribution in [-0.4, -0.2) is 21.6 Å². The van der Waals surface area contributed by atoms with Crippen molar-refractivity contribution in [2.45, 2.75) is 18.1 Å². The molecular weight excluding hydrogens is 374 g/mol. The molecule has 0 aliphatic carbocycles. The van der Waals surface area contributed by atoms with Gasteiger partial charge in [-0.3, -0.25) is 4.79 Å². The first-order valence-electron chi connectivity index (χ1n) is 7.25. The van der Waals surface area contributed by atoms with Crippen molar-refractivity contribution in [2.24, 2.45) is 0 Å². The summed E-state index contributed by atoms with van der Waals surface area (Å²) in [6.07, 6.45) is 0. The first-order chi connectivity index (χ1) is 11.1. The summed E-state index contributed by atoms with van der Waals surface area (Å²) in [6, 6.07) is 15.7. The van der Waals surface area contributed by atoms with Gasteiger partial charge >= 0.3 is 0 Å². The van der Waals surface area contributed by atoms with Gasteiger partial charge in [0.1, 0.15) is 0 Å². The standard InChI is InChI=1S/C17H16BrN3OS/c1-11(12-6-2-3-7-13(12)18)19-16(22)10-23-17-20-14-8-4-5-9-15(14)21-17/h2-9,11H,10H2,1H3,(H,19,22)(H,20,21)/t11-/m0/s1. The highest BCUT2D eigenvalue weighted by Crippen LogP contribution is 2.23. The molecule has 1 amide bonds. The molecule has 6 heteroatoms. The number of hydrogen-bond acceptors (Lipinski definition) is 3. The average Bonchev–Trinajstić information content (AvgIpc) is 2.96. The molecule has 1 heterocycles. The zero-order chi connectivity index (χ0) is 16.2. The highest BCUT2D eigenvalue weighted by molar-refractivity contribution is 9.10. The lowest BCUT2D eigenvalue weighted by Crippen LogP contribution is -2.28. The van der Waals surface area contributed by atoms with E-state index in [1.807, 2.05) is 55.5 Å². The number of rotatable bonds is 5. The fraction of sp³-hybridized carbons (Fsp3) is 0.176. The molecule has 0 spiro atoms. The van der Waals surface area contributed by atoms with Crippen LogP contribution in [0.25, 0.3) is 11.0 Å². The van der Waals surface area contributed by atoms with E-state index in [4.69, 9.17) is 0 Å². The fourth-order valence-electron chi connectivity index (χ4n) is 2.32. The van der Waals surface area contributed by atoms with Crippen LogP contribution in [0.15, 0.2) is 58.2 Å². The lowest BCUT2D eigenvalue weighted by Gasteiger charge is -2.15. The molecule has 1 atom stereocenters. The molecule has 0 unspecified atom stereocenters. The lowest BCUT2D eigenvalue weighted by atomic mass is 10.1. The van der Waals surface area contributed by atoms with Crippen molar-refractivity contribution in [3.05, 3.63) is 58.6 Å². The first-order valence-corrected chi connectivity index (χ1v) is 9.02. The van der Waals surface area contributed by atoms with Crippen molar-refractivity contribution < 1.29 is 4.79 Å². The number of fused-ring (bicyclic) bond motifs is 1. The Morgan fingerprint density at radius 2 is 2.00 bits per heavy atom. The van der Waals surface area contributed by atoms with E-state index in [1.165, 1.54) is 11.8 Å². The van der Waals surface area contributed by atoms with E-state index in [-0.39, 0.29) is 11.9 Å². The van der Waals surface area contributed by atoms with E-state index >= 15 is 0 Å². The molecular formula is C17H16BrN3OS. The number of aromatic nitrogens is 2. The van der Waals surface area contributed by atoms with Gasteiger partial charge in [0.15, 0.2) is 5.16 Å². The van der Waals surface area contributed by atoms with Gasteiger partial charge in [-0.05, 0) is 30.7 Å². The van der Waals surface area contributed by atoms with Crippen LogP contribution < -0.4 is 5.32 Å². The molecule has 2 aromatic carbocycles. The molecule has 0 bridgehead atoms. The summed E-state index contributed by atoms with van der Waals surface area (Å²) in [4.78, 5) is 19.8. The predicted molar refractivity (Wildman–Crippen MR) is 97.5 cm³/mol. The first kappa shape index (κ1) is 16.1. The van der Waals surface area contributed by atoms with Gasteiger partial charge in [-0.2, -0.15) is 0 Å². The Bertz CT molecular complexity index is 800. The molecule has 23 heavy (non-hydrogen) atoms. The predicted octanol–water partition coefficient (Wildman–Crippen LogP) is 4.29. The molecule has 0 aliphatic rings. The van der Waals surface area contributed by atoms with Crippen LogP contribution in [0, 0.1) is 0 Å². The second kappa shape index (κ2) is 7.19. The van der Waals surface area contributed by atoms with Gasteiger partial charge in [0.25, 0.3) is 0 Å². The molecule has 118 valence electrons. The number of H-pyrrole nitrogens is 1. The topological polar surface area (TPSA) is 57.8 Å². The van der Waals surface area contributed by atoms with Crippen LogP contribution in [0.5, 0.6) is 0 Å². The lowest BCUT2D eigenvalue weighted by molar-refractivity contribution is -0.119. The number of halogens is 1. The number of carbonyl (C=O) groups excluding carboxylic acids is 1. The smallest absolute Gasteiger partial charge is 0.230 e. The molecule has 0 saturated carbocycles. The highest BCUT2D eigenvalue weighted by atomic mass is 79.9. The molecule has 0 fully saturated rings. The third kappa shape index (κ3) is 3.95. The maximum Gasteiger partial charge on any atom is 0.230 e. The average molecular weight is 390 g/mol. The SMILES string of the molecule is C[C@H](NC(=O)CSc1nc2ccccc2[nH]1)c1ccccc1Br. The molecule has 1 aromatic heterocycles. The summed E-state index contributed by atoms with van der Waals surface area (Å²) < 4.78 is 0.998. The van der Waals surface area contributed by atoms with E-state index in [1.54, 1.807) is 0 Å². The second-order valence-corrected chi connectivity index (χ2v) is 6.98. The molecule has 3 rings (SSSR count). The third-order valence-electron chi connectivity index (χ3n) is 3.46. The van der Waals surface area contributed by atoms with Crippen LogP contribution >= 0.6 is 27.7 Å². The van der Waals surface area contributed by atoms with E-state index in [2.05, 4.69) is 31.2 Å². The van der Waals surface area contributed by atoms with Crippen LogP contribution in [0.1, 0.15) is 18.5 Å². The number of amides is 1. The second-order valence-electron chi connectivity index (χ2n) is 5.16. The molecule has 0 saturated heterocycles. The van der Waals surface area contributed by atoms with Gasteiger partial charge < -0.3 is 10.3 Å². The summed E-state index contributed by atoms with van der Waals surface area (Å²) in [7, 11) is 0. The largest absolute Gasteiger partial charge is 0.349 e.